The number of nitrogens with zero attached hydrogens (tertiary/aromatic N) is 2. The molecule has 2 aliphatic heterocycles. The van der Waals surface area contributed by atoms with Gasteiger partial charge in [-0.25, -0.2) is 0 Å². The van der Waals surface area contributed by atoms with Crippen molar-refractivity contribution in [2.75, 3.05) is 19.6 Å². The third-order valence-corrected chi connectivity index (χ3v) is 4.85. The van der Waals surface area contributed by atoms with E-state index in [-0.39, 0.29) is 12.2 Å². The molecule has 5 heteroatoms. The molecule has 0 bridgehead atoms. The number of benzene rings is 1. The van der Waals surface area contributed by atoms with E-state index in [9.17, 15) is 5.11 Å². The summed E-state index contributed by atoms with van der Waals surface area (Å²) in [6.07, 6.45) is 2.98. The van der Waals surface area contributed by atoms with Gasteiger partial charge in [0.05, 0.1) is 11.8 Å². The highest BCUT2D eigenvalue weighted by atomic mass is 35.5. The molecule has 0 aliphatic carbocycles. The van der Waals surface area contributed by atoms with E-state index >= 15 is 0 Å². The molecule has 3 rings (SSSR count). The number of piperidine rings is 1. The van der Waals surface area contributed by atoms with Gasteiger partial charge in [0.25, 0.3) is 0 Å². The van der Waals surface area contributed by atoms with E-state index in [1.807, 2.05) is 31.2 Å². The summed E-state index contributed by atoms with van der Waals surface area (Å²) < 4.78 is 0. The molecule has 1 aromatic rings. The highest BCUT2D eigenvalue weighted by molar-refractivity contribution is 6.30. The van der Waals surface area contributed by atoms with Crippen molar-refractivity contribution in [1.29, 1.82) is 0 Å². The first-order valence-corrected chi connectivity index (χ1v) is 8.38. The van der Waals surface area contributed by atoms with Crippen LogP contribution in [0.25, 0.3) is 0 Å². The number of aliphatic hydroxyl groups excluding tert-OH is 1. The molecule has 120 valence electrons. The topological polar surface area (TPSA) is 45.1 Å². The second-order valence-corrected chi connectivity index (χ2v) is 6.82. The second-order valence-electron chi connectivity index (χ2n) is 6.38. The Hall–Kier alpha value is -1.10. The number of likely N-dealkylation sites (tertiary alicyclic amines) is 1. The van der Waals surface area contributed by atoms with Gasteiger partial charge in [0.2, 0.25) is 0 Å². The lowest BCUT2D eigenvalue weighted by molar-refractivity contribution is 0.0177. The lowest BCUT2D eigenvalue weighted by Gasteiger charge is -2.34. The van der Waals surface area contributed by atoms with Crippen LogP contribution in [0.1, 0.15) is 31.7 Å². The SMILES string of the molecule is CC(O)C1CCCN(CC2CC(c3ccc(Cl)cc3)=NO2)C1. The van der Waals surface area contributed by atoms with Crippen molar-refractivity contribution >= 4 is 17.3 Å². The Morgan fingerprint density at radius 3 is 2.91 bits per heavy atom. The largest absolute Gasteiger partial charge is 0.393 e. The first kappa shape index (κ1) is 15.8. The minimum absolute atomic E-state index is 0.110. The molecular weight excluding hydrogens is 300 g/mol. The predicted octanol–water partition coefficient (Wildman–Crippen LogP) is 2.93. The van der Waals surface area contributed by atoms with Gasteiger partial charge in [-0.3, -0.25) is 4.90 Å². The van der Waals surface area contributed by atoms with Crippen molar-refractivity contribution in [3.63, 3.8) is 0 Å². The van der Waals surface area contributed by atoms with Gasteiger partial charge < -0.3 is 9.94 Å². The quantitative estimate of drug-likeness (QED) is 0.927. The number of aliphatic hydroxyl groups is 1. The molecule has 2 aliphatic rings. The van der Waals surface area contributed by atoms with Crippen molar-refractivity contribution in [2.45, 2.75) is 38.4 Å². The normalized spacial score (nSPS) is 27.3. The van der Waals surface area contributed by atoms with E-state index in [0.717, 1.165) is 55.2 Å². The van der Waals surface area contributed by atoms with E-state index in [4.69, 9.17) is 16.4 Å². The van der Waals surface area contributed by atoms with Gasteiger partial charge in [-0.15, -0.1) is 0 Å². The van der Waals surface area contributed by atoms with E-state index in [1.165, 1.54) is 0 Å². The van der Waals surface area contributed by atoms with Crippen LogP contribution in [-0.4, -0.2) is 47.6 Å². The fraction of sp³-hybridized carbons (Fsp3) is 0.588. The number of oxime groups is 1. The smallest absolute Gasteiger partial charge is 0.145 e. The lowest BCUT2D eigenvalue weighted by atomic mass is 9.93. The number of hydrogen-bond acceptors (Lipinski definition) is 4. The monoisotopic (exact) mass is 322 g/mol. The molecule has 22 heavy (non-hydrogen) atoms. The fourth-order valence-corrected chi connectivity index (χ4v) is 3.40. The molecule has 1 saturated heterocycles. The van der Waals surface area contributed by atoms with Crippen LogP contribution in [0.3, 0.4) is 0 Å². The Kier molecular flexibility index (Phi) is 5.01. The van der Waals surface area contributed by atoms with Crippen molar-refractivity contribution in [2.24, 2.45) is 11.1 Å². The summed E-state index contributed by atoms with van der Waals surface area (Å²) in [6.45, 7) is 4.80. The maximum atomic E-state index is 9.78. The zero-order valence-electron chi connectivity index (χ0n) is 12.9. The highest BCUT2D eigenvalue weighted by Gasteiger charge is 2.28. The van der Waals surface area contributed by atoms with E-state index < -0.39 is 0 Å². The van der Waals surface area contributed by atoms with Crippen LogP contribution in [0.15, 0.2) is 29.4 Å². The Morgan fingerprint density at radius 2 is 2.18 bits per heavy atom. The zero-order valence-corrected chi connectivity index (χ0v) is 13.7. The molecule has 1 fully saturated rings. The number of rotatable bonds is 4. The highest BCUT2D eigenvalue weighted by Crippen LogP contribution is 2.23. The minimum Gasteiger partial charge on any atom is -0.393 e. The van der Waals surface area contributed by atoms with Gasteiger partial charge in [0.15, 0.2) is 0 Å². The van der Waals surface area contributed by atoms with Crippen LogP contribution >= 0.6 is 11.6 Å². The molecule has 1 N–H and O–H groups in total. The Labute approximate surface area is 136 Å². The number of hydrogen-bond donors (Lipinski definition) is 1. The Bertz CT molecular complexity index is 530. The number of halogens is 1. The molecule has 0 radical (unpaired) electrons. The summed E-state index contributed by atoms with van der Waals surface area (Å²) in [5.74, 6) is 0.381. The van der Waals surface area contributed by atoms with Crippen molar-refractivity contribution in [3.8, 4) is 0 Å². The molecule has 0 spiro atoms. The molecule has 0 aromatic heterocycles. The van der Waals surface area contributed by atoms with Crippen LogP contribution in [-0.2, 0) is 4.84 Å². The molecule has 3 unspecified atom stereocenters. The van der Waals surface area contributed by atoms with Crippen molar-refractivity contribution in [1.82, 2.24) is 4.90 Å². The summed E-state index contributed by atoms with van der Waals surface area (Å²) in [7, 11) is 0. The predicted molar refractivity (Wildman–Crippen MR) is 88.3 cm³/mol. The molecular formula is C17H23ClN2O2. The van der Waals surface area contributed by atoms with Gasteiger partial charge >= 0.3 is 0 Å². The minimum atomic E-state index is -0.229. The third kappa shape index (κ3) is 3.80. The Morgan fingerprint density at radius 1 is 1.41 bits per heavy atom. The maximum absolute atomic E-state index is 9.78. The van der Waals surface area contributed by atoms with Crippen LogP contribution < -0.4 is 0 Å². The average Bonchev–Trinajstić information content (AvgIpc) is 2.96. The van der Waals surface area contributed by atoms with E-state index in [1.54, 1.807) is 0 Å². The summed E-state index contributed by atoms with van der Waals surface area (Å²) in [4.78, 5) is 7.99. The average molecular weight is 323 g/mol. The van der Waals surface area contributed by atoms with Gasteiger partial charge in [-0.1, -0.05) is 28.9 Å². The van der Waals surface area contributed by atoms with Gasteiger partial charge in [0, 0.05) is 24.5 Å². The summed E-state index contributed by atoms with van der Waals surface area (Å²) in [5.41, 5.74) is 2.07. The van der Waals surface area contributed by atoms with Crippen LogP contribution in [0.4, 0.5) is 0 Å². The molecule has 2 heterocycles. The van der Waals surface area contributed by atoms with Crippen LogP contribution in [0.2, 0.25) is 5.02 Å². The van der Waals surface area contributed by atoms with E-state index in [2.05, 4.69) is 10.1 Å². The van der Waals surface area contributed by atoms with Crippen LogP contribution in [0.5, 0.6) is 0 Å². The first-order valence-electron chi connectivity index (χ1n) is 8.01. The third-order valence-electron chi connectivity index (χ3n) is 4.60. The van der Waals surface area contributed by atoms with Crippen molar-refractivity contribution < 1.29 is 9.94 Å². The van der Waals surface area contributed by atoms with E-state index in [0.29, 0.717) is 5.92 Å². The summed E-state index contributed by atoms with van der Waals surface area (Å²) >= 11 is 5.92. The standard InChI is InChI=1S/C17H23ClN2O2/c1-12(21)14-3-2-8-20(10-14)11-16-9-17(19-22-16)13-4-6-15(18)7-5-13/h4-7,12,14,16,21H,2-3,8-11H2,1H3. The van der Waals surface area contributed by atoms with Gasteiger partial charge in [-0.2, -0.15) is 0 Å². The maximum Gasteiger partial charge on any atom is 0.145 e. The Balaban J connectivity index is 1.53. The van der Waals surface area contributed by atoms with Crippen LogP contribution in [0, 0.1) is 5.92 Å². The van der Waals surface area contributed by atoms with Gasteiger partial charge in [-0.05, 0) is 49.9 Å². The summed E-state index contributed by atoms with van der Waals surface area (Å²) in [6, 6.07) is 7.73. The molecule has 0 amide bonds. The van der Waals surface area contributed by atoms with Crippen molar-refractivity contribution in [3.05, 3.63) is 34.9 Å². The fourth-order valence-electron chi connectivity index (χ4n) is 3.28. The molecule has 0 saturated carbocycles. The molecule has 1 aromatic carbocycles. The summed E-state index contributed by atoms with van der Waals surface area (Å²) in [5, 5.41) is 14.7. The van der Waals surface area contributed by atoms with Gasteiger partial charge in [0.1, 0.15) is 6.10 Å². The molecule has 3 atom stereocenters. The molecule has 4 nitrogen and oxygen atoms in total. The first-order chi connectivity index (χ1) is 10.6. The second kappa shape index (κ2) is 6.99. The zero-order chi connectivity index (χ0) is 15.5. The lowest BCUT2D eigenvalue weighted by Crippen LogP contribution is -2.43.